The van der Waals surface area contributed by atoms with E-state index in [0.717, 1.165) is 45.0 Å². The smallest absolute Gasteiger partial charge is 0.199 e. The van der Waals surface area contributed by atoms with E-state index in [9.17, 15) is 0 Å². The largest absolute Gasteiger partial charge is 0.222 e. The Morgan fingerprint density at radius 2 is 0.725 bits per heavy atom. The van der Waals surface area contributed by atoms with Gasteiger partial charge in [0.15, 0.2) is 10.3 Å². The molecule has 6 rings (SSSR count). The van der Waals surface area contributed by atoms with Crippen LogP contribution in [0.5, 0.6) is 0 Å². The Kier molecular flexibility index (Phi) is 8.11. The molecule has 0 atom stereocenters. The van der Waals surface area contributed by atoms with Crippen molar-refractivity contribution in [3.63, 3.8) is 0 Å². The average molecular weight is 596 g/mol. The summed E-state index contributed by atoms with van der Waals surface area (Å²) in [6.45, 7) is 0. The Balaban J connectivity index is 1.38. The molecule has 194 valence electrons. The highest BCUT2D eigenvalue weighted by atomic mass is 35.5. The summed E-state index contributed by atoms with van der Waals surface area (Å²) in [5.74, 6) is 0. The quantitative estimate of drug-likeness (QED) is 0.135. The molecule has 0 unspecified atom stereocenters. The summed E-state index contributed by atoms with van der Waals surface area (Å²) >= 11 is 12.6. The van der Waals surface area contributed by atoms with Crippen LogP contribution < -0.4 is 0 Å². The van der Waals surface area contributed by atoms with Crippen LogP contribution in [0, 0.1) is 0 Å². The molecule has 8 heteroatoms. The fourth-order valence-corrected chi connectivity index (χ4v) is 6.07. The van der Waals surface area contributed by atoms with E-state index >= 15 is 0 Å². The first-order valence-electron chi connectivity index (χ1n) is 12.4. The number of hydrogen-bond donors (Lipinski definition) is 0. The van der Waals surface area contributed by atoms with Crippen LogP contribution >= 0.6 is 44.8 Å². The molecule has 2 heterocycles. The number of rotatable bonds is 7. The van der Waals surface area contributed by atoms with Gasteiger partial charge in [-0.2, -0.15) is 0 Å². The van der Waals surface area contributed by atoms with Crippen molar-refractivity contribution in [2.75, 3.05) is 0 Å². The van der Waals surface area contributed by atoms with Gasteiger partial charge in [0.1, 0.15) is 0 Å². The van der Waals surface area contributed by atoms with Crippen LogP contribution in [-0.4, -0.2) is 19.9 Å². The molecule has 4 aromatic carbocycles. The molecule has 0 amide bonds. The monoisotopic (exact) mass is 594 g/mol. The molecule has 0 aliphatic heterocycles. The van der Waals surface area contributed by atoms with Crippen molar-refractivity contribution < 1.29 is 0 Å². The molecule has 0 radical (unpaired) electrons. The third kappa shape index (κ3) is 6.37. The first kappa shape index (κ1) is 26.5. The van der Waals surface area contributed by atoms with Crippen molar-refractivity contribution in [1.29, 1.82) is 0 Å². The van der Waals surface area contributed by atoms with E-state index in [1.807, 2.05) is 121 Å². The van der Waals surface area contributed by atoms with E-state index in [-0.39, 0.29) is 0 Å². The molecule has 40 heavy (non-hydrogen) atoms. The summed E-state index contributed by atoms with van der Waals surface area (Å²) in [4.78, 5) is 19.4. The molecule has 2 aromatic heterocycles. The highest BCUT2D eigenvalue weighted by molar-refractivity contribution is 8.76. The minimum atomic E-state index is 0.597. The third-order valence-electron chi connectivity index (χ3n) is 5.98. The summed E-state index contributed by atoms with van der Waals surface area (Å²) < 4.78 is 0. The molecule has 4 nitrogen and oxygen atoms in total. The highest BCUT2D eigenvalue weighted by Gasteiger charge is 2.14. The number of halogens is 2. The molecular weight excluding hydrogens is 575 g/mol. The Morgan fingerprint density at radius 1 is 0.375 bits per heavy atom. The maximum atomic E-state index is 6.30. The van der Waals surface area contributed by atoms with E-state index in [4.69, 9.17) is 43.1 Å². The first-order valence-corrected chi connectivity index (χ1v) is 15.3. The van der Waals surface area contributed by atoms with Crippen molar-refractivity contribution in [3.8, 4) is 45.0 Å². The fraction of sp³-hybridized carbons (Fsp3) is 0. The fourth-order valence-electron chi connectivity index (χ4n) is 4.10. The van der Waals surface area contributed by atoms with Gasteiger partial charge in [-0.25, -0.2) is 19.9 Å². The standard InChI is InChI=1S/C32H20Cl2N4S2/c33-25-15-7-13-23(17-25)29-19-27(21-9-3-1-4-10-21)35-31(37-29)39-40-32-36-28(22-11-5-2-6-12-22)20-30(38-32)24-14-8-16-26(34)18-24/h1-20H. The van der Waals surface area contributed by atoms with Gasteiger partial charge in [0.2, 0.25) is 0 Å². The molecule has 0 aliphatic carbocycles. The number of aromatic nitrogens is 4. The Morgan fingerprint density at radius 3 is 1.10 bits per heavy atom. The Bertz CT molecular complexity index is 1650. The lowest BCUT2D eigenvalue weighted by Gasteiger charge is -2.10. The van der Waals surface area contributed by atoms with Gasteiger partial charge in [-0.3, -0.25) is 0 Å². The zero-order valence-electron chi connectivity index (χ0n) is 20.9. The molecule has 0 spiro atoms. The van der Waals surface area contributed by atoms with Gasteiger partial charge in [0.05, 0.1) is 22.8 Å². The molecule has 0 bridgehead atoms. The van der Waals surface area contributed by atoms with Gasteiger partial charge in [0, 0.05) is 32.3 Å². The van der Waals surface area contributed by atoms with E-state index in [1.165, 1.54) is 21.6 Å². The van der Waals surface area contributed by atoms with Gasteiger partial charge in [-0.1, -0.05) is 108 Å². The lowest BCUT2D eigenvalue weighted by atomic mass is 10.1. The molecule has 0 aliphatic rings. The van der Waals surface area contributed by atoms with Crippen LogP contribution in [0.1, 0.15) is 0 Å². The maximum absolute atomic E-state index is 6.30. The van der Waals surface area contributed by atoms with Gasteiger partial charge >= 0.3 is 0 Å². The normalized spacial score (nSPS) is 10.9. The van der Waals surface area contributed by atoms with Gasteiger partial charge < -0.3 is 0 Å². The molecule has 0 saturated heterocycles. The zero-order valence-corrected chi connectivity index (χ0v) is 24.1. The molecular formula is C32H20Cl2N4S2. The molecule has 0 N–H and O–H groups in total. The SMILES string of the molecule is Clc1cccc(-c2cc(-c3ccccc3)nc(SSc3nc(-c4ccccc4)cc(-c4cccc(Cl)c4)n3)n2)c1. The minimum Gasteiger partial charge on any atom is -0.222 e. The maximum Gasteiger partial charge on any atom is 0.199 e. The first-order chi connectivity index (χ1) is 19.6. The second-order valence-corrected chi connectivity index (χ2v) is 11.7. The number of nitrogens with zero attached hydrogens (tertiary/aromatic N) is 4. The highest BCUT2D eigenvalue weighted by Crippen LogP contribution is 2.38. The van der Waals surface area contributed by atoms with Gasteiger partial charge in [-0.15, -0.1) is 0 Å². The molecule has 0 saturated carbocycles. The lowest BCUT2D eigenvalue weighted by molar-refractivity contribution is 0.978. The van der Waals surface area contributed by atoms with Gasteiger partial charge in [-0.05, 0) is 58.0 Å². The molecule has 0 fully saturated rings. The lowest BCUT2D eigenvalue weighted by Crippen LogP contribution is -1.95. The van der Waals surface area contributed by atoms with Crippen LogP contribution in [-0.2, 0) is 0 Å². The van der Waals surface area contributed by atoms with Crippen LogP contribution in [0.15, 0.2) is 132 Å². The summed E-state index contributed by atoms with van der Waals surface area (Å²) in [6, 6.07) is 39.4. The van der Waals surface area contributed by atoms with Crippen LogP contribution in [0.25, 0.3) is 45.0 Å². The van der Waals surface area contributed by atoms with Crippen LogP contribution in [0.3, 0.4) is 0 Å². The second-order valence-electron chi connectivity index (χ2n) is 8.76. The predicted octanol–water partition coefficient (Wildman–Crippen LogP) is 10.0. The zero-order chi connectivity index (χ0) is 27.3. The van der Waals surface area contributed by atoms with Crippen LogP contribution in [0.4, 0.5) is 0 Å². The topological polar surface area (TPSA) is 51.6 Å². The molecule has 6 aromatic rings. The van der Waals surface area contributed by atoms with Crippen LogP contribution in [0.2, 0.25) is 10.0 Å². The van der Waals surface area contributed by atoms with Crippen molar-refractivity contribution in [1.82, 2.24) is 19.9 Å². The Labute approximate surface area is 250 Å². The van der Waals surface area contributed by atoms with E-state index in [2.05, 4.69) is 0 Å². The summed E-state index contributed by atoms with van der Waals surface area (Å²) in [5.41, 5.74) is 7.08. The number of benzene rings is 4. The van der Waals surface area contributed by atoms with Gasteiger partial charge in [0.25, 0.3) is 0 Å². The van der Waals surface area contributed by atoms with Crippen molar-refractivity contribution in [2.45, 2.75) is 10.3 Å². The number of hydrogen-bond acceptors (Lipinski definition) is 6. The Hall–Kier alpha value is -3.68. The van der Waals surface area contributed by atoms with E-state index in [1.54, 1.807) is 0 Å². The minimum absolute atomic E-state index is 0.597. The average Bonchev–Trinajstić information content (AvgIpc) is 3.01. The van der Waals surface area contributed by atoms with Crippen molar-refractivity contribution in [3.05, 3.63) is 131 Å². The predicted molar refractivity (Wildman–Crippen MR) is 168 cm³/mol. The van der Waals surface area contributed by atoms with Crippen molar-refractivity contribution in [2.24, 2.45) is 0 Å². The summed E-state index contributed by atoms with van der Waals surface area (Å²) in [7, 11) is 2.83. The second kappa shape index (κ2) is 12.2. The third-order valence-corrected chi connectivity index (χ3v) is 8.34. The van der Waals surface area contributed by atoms with E-state index in [0.29, 0.717) is 20.4 Å². The van der Waals surface area contributed by atoms with E-state index < -0.39 is 0 Å². The summed E-state index contributed by atoms with van der Waals surface area (Å²) in [5, 5.41) is 2.50. The van der Waals surface area contributed by atoms with Crippen molar-refractivity contribution >= 4 is 44.8 Å². The summed E-state index contributed by atoms with van der Waals surface area (Å²) in [6.07, 6.45) is 0.